The molecule has 23 heavy (non-hydrogen) atoms. The average molecular weight is 310 g/mol. The van der Waals surface area contributed by atoms with Crippen LogP contribution in [0.2, 0.25) is 0 Å². The normalized spacial score (nSPS) is 10.6. The lowest BCUT2D eigenvalue weighted by Crippen LogP contribution is -2.01. The van der Waals surface area contributed by atoms with Gasteiger partial charge in [0.1, 0.15) is 29.4 Å². The molecule has 0 spiro atoms. The number of phenols is 1. The van der Waals surface area contributed by atoms with Crippen molar-refractivity contribution < 1.29 is 19.4 Å². The van der Waals surface area contributed by atoms with Gasteiger partial charge in [0.25, 0.3) is 0 Å². The number of hydrogen-bond acceptors (Lipinski definition) is 5. The minimum Gasteiger partial charge on any atom is -0.509 e. The fraction of sp³-hybridized carbons (Fsp3) is 0.0556. The third kappa shape index (κ3) is 3.18. The number of aromatic hydroxyl groups is 1. The summed E-state index contributed by atoms with van der Waals surface area (Å²) < 4.78 is 10.6. The van der Waals surface area contributed by atoms with Crippen LogP contribution in [0.5, 0.6) is 11.5 Å². The van der Waals surface area contributed by atoms with Crippen LogP contribution in [-0.4, -0.2) is 16.8 Å². The fourth-order valence-corrected chi connectivity index (χ4v) is 2.28. The zero-order chi connectivity index (χ0) is 16.4. The number of aliphatic hydroxyl groups excluding tert-OH is 1. The van der Waals surface area contributed by atoms with E-state index < -0.39 is 5.63 Å². The summed E-state index contributed by atoms with van der Waals surface area (Å²) in [6.07, 6.45) is 0. The van der Waals surface area contributed by atoms with E-state index in [0.29, 0.717) is 16.9 Å². The number of hydrogen-bond donors (Lipinski definition) is 2. The van der Waals surface area contributed by atoms with Crippen LogP contribution >= 0.6 is 0 Å². The zero-order valence-electron chi connectivity index (χ0n) is 12.2. The van der Waals surface area contributed by atoms with E-state index in [9.17, 15) is 9.90 Å². The van der Waals surface area contributed by atoms with Gasteiger partial charge in [-0.2, -0.15) is 0 Å². The van der Waals surface area contributed by atoms with Crippen molar-refractivity contribution >= 4 is 11.0 Å². The number of fused-ring (bicyclic) bond motifs is 1. The van der Waals surface area contributed by atoms with Gasteiger partial charge in [0.2, 0.25) is 0 Å². The molecule has 5 heteroatoms. The Labute approximate surface area is 131 Å². The first-order chi connectivity index (χ1) is 11.0. The number of aliphatic hydroxyl groups is 1. The van der Waals surface area contributed by atoms with Crippen molar-refractivity contribution in [2.24, 2.45) is 0 Å². The van der Waals surface area contributed by atoms with E-state index in [4.69, 9.17) is 14.3 Å². The first-order valence-corrected chi connectivity index (χ1v) is 6.90. The second kappa shape index (κ2) is 5.88. The number of rotatable bonds is 4. The highest BCUT2D eigenvalue weighted by atomic mass is 16.5. The maximum absolute atomic E-state index is 11.8. The fourth-order valence-electron chi connectivity index (χ4n) is 2.28. The highest BCUT2D eigenvalue weighted by Crippen LogP contribution is 2.30. The SMILES string of the molecule is C=C(O)COc1ccc2c(-c3ccc(O)cc3)cc(=O)oc2c1. The van der Waals surface area contributed by atoms with Crippen molar-refractivity contribution in [1.82, 2.24) is 0 Å². The van der Waals surface area contributed by atoms with Gasteiger partial charge in [-0.3, -0.25) is 0 Å². The molecule has 3 aromatic rings. The van der Waals surface area contributed by atoms with E-state index in [1.54, 1.807) is 42.5 Å². The summed E-state index contributed by atoms with van der Waals surface area (Å²) in [5, 5.41) is 19.2. The average Bonchev–Trinajstić information content (AvgIpc) is 2.52. The van der Waals surface area contributed by atoms with Crippen LogP contribution in [0.25, 0.3) is 22.1 Å². The molecule has 2 aromatic carbocycles. The summed E-state index contributed by atoms with van der Waals surface area (Å²) in [4.78, 5) is 11.8. The molecule has 2 N–H and O–H groups in total. The molecule has 0 bridgehead atoms. The van der Waals surface area contributed by atoms with Crippen molar-refractivity contribution in [2.45, 2.75) is 0 Å². The molecule has 116 valence electrons. The molecule has 0 saturated carbocycles. The standard InChI is InChI=1S/C18H14O5/c1-11(19)10-22-14-6-7-15-16(9-18(21)23-17(15)8-14)12-2-4-13(20)5-3-12/h2-9,19-20H,1,10H2. The van der Waals surface area contributed by atoms with Gasteiger partial charge in [-0.05, 0) is 35.4 Å². The molecule has 0 unspecified atom stereocenters. The number of ether oxygens (including phenoxy) is 1. The lowest BCUT2D eigenvalue weighted by Gasteiger charge is -2.09. The van der Waals surface area contributed by atoms with Crippen LogP contribution in [0.4, 0.5) is 0 Å². The maximum Gasteiger partial charge on any atom is 0.336 e. The Kier molecular flexibility index (Phi) is 3.76. The zero-order valence-corrected chi connectivity index (χ0v) is 12.2. The van der Waals surface area contributed by atoms with Gasteiger partial charge < -0.3 is 19.4 Å². The highest BCUT2D eigenvalue weighted by molar-refractivity contribution is 5.93. The Hall–Kier alpha value is -3.21. The first-order valence-electron chi connectivity index (χ1n) is 6.90. The Morgan fingerprint density at radius 2 is 1.87 bits per heavy atom. The lowest BCUT2D eigenvalue weighted by atomic mass is 10.0. The van der Waals surface area contributed by atoms with Crippen molar-refractivity contribution in [2.75, 3.05) is 6.61 Å². The summed E-state index contributed by atoms with van der Waals surface area (Å²) in [6.45, 7) is 3.31. The summed E-state index contributed by atoms with van der Waals surface area (Å²) in [5.74, 6) is 0.518. The predicted octanol–water partition coefficient (Wildman–Crippen LogP) is 3.62. The van der Waals surface area contributed by atoms with Gasteiger partial charge in [0.15, 0.2) is 0 Å². The molecule has 0 aliphatic carbocycles. The summed E-state index contributed by atoms with van der Waals surface area (Å²) in [7, 11) is 0. The van der Waals surface area contributed by atoms with Crippen molar-refractivity contribution in [3.8, 4) is 22.6 Å². The lowest BCUT2D eigenvalue weighted by molar-refractivity contribution is 0.272. The Morgan fingerprint density at radius 1 is 1.13 bits per heavy atom. The van der Waals surface area contributed by atoms with E-state index in [-0.39, 0.29) is 18.1 Å². The molecule has 0 fully saturated rings. The van der Waals surface area contributed by atoms with Crippen LogP contribution < -0.4 is 10.4 Å². The van der Waals surface area contributed by atoms with Gasteiger partial charge in [0.05, 0.1) is 0 Å². The molecule has 0 radical (unpaired) electrons. The summed E-state index contributed by atoms with van der Waals surface area (Å²) in [5.41, 5.74) is 1.39. The topological polar surface area (TPSA) is 79.9 Å². The van der Waals surface area contributed by atoms with Gasteiger partial charge >= 0.3 is 5.63 Å². The van der Waals surface area contributed by atoms with Crippen LogP contribution in [0.3, 0.4) is 0 Å². The van der Waals surface area contributed by atoms with Crippen LogP contribution in [-0.2, 0) is 0 Å². The minimum atomic E-state index is -0.482. The molecular formula is C18H14O5. The van der Waals surface area contributed by atoms with Gasteiger partial charge in [0, 0.05) is 17.5 Å². The van der Waals surface area contributed by atoms with E-state index >= 15 is 0 Å². The second-order valence-electron chi connectivity index (χ2n) is 5.04. The molecule has 1 heterocycles. The minimum absolute atomic E-state index is 0.0343. The van der Waals surface area contributed by atoms with E-state index in [1.165, 1.54) is 6.07 Å². The monoisotopic (exact) mass is 310 g/mol. The Bertz CT molecular complexity index is 922. The number of benzene rings is 2. The van der Waals surface area contributed by atoms with E-state index in [0.717, 1.165) is 10.9 Å². The molecule has 0 saturated heterocycles. The largest absolute Gasteiger partial charge is 0.509 e. The third-order valence-electron chi connectivity index (χ3n) is 3.30. The molecular weight excluding hydrogens is 296 g/mol. The molecule has 1 aromatic heterocycles. The van der Waals surface area contributed by atoms with E-state index in [1.807, 2.05) is 0 Å². The smallest absolute Gasteiger partial charge is 0.336 e. The van der Waals surface area contributed by atoms with E-state index in [2.05, 4.69) is 6.58 Å². The molecule has 0 atom stereocenters. The van der Waals surface area contributed by atoms with Crippen LogP contribution in [0, 0.1) is 0 Å². The van der Waals surface area contributed by atoms with Crippen molar-refractivity contribution in [1.29, 1.82) is 0 Å². The van der Waals surface area contributed by atoms with Crippen molar-refractivity contribution in [3.05, 3.63) is 71.3 Å². The maximum atomic E-state index is 11.8. The molecule has 3 rings (SSSR count). The Morgan fingerprint density at radius 3 is 2.57 bits per heavy atom. The Balaban J connectivity index is 2.10. The molecule has 0 aliphatic heterocycles. The van der Waals surface area contributed by atoms with Crippen LogP contribution in [0.1, 0.15) is 0 Å². The van der Waals surface area contributed by atoms with Gasteiger partial charge in [-0.25, -0.2) is 4.79 Å². The second-order valence-corrected chi connectivity index (χ2v) is 5.04. The van der Waals surface area contributed by atoms with Crippen LogP contribution in [0.15, 0.2) is 70.1 Å². The third-order valence-corrected chi connectivity index (χ3v) is 3.30. The van der Waals surface area contributed by atoms with Gasteiger partial charge in [-0.1, -0.05) is 18.7 Å². The summed E-state index contributed by atoms with van der Waals surface area (Å²) >= 11 is 0. The quantitative estimate of drug-likeness (QED) is 0.568. The highest BCUT2D eigenvalue weighted by Gasteiger charge is 2.09. The first kappa shape index (κ1) is 14.7. The predicted molar refractivity (Wildman–Crippen MR) is 86.8 cm³/mol. The molecule has 0 aliphatic rings. The number of phenolic OH excluding ortho intramolecular Hbond substituents is 1. The molecule has 0 amide bonds. The molecule has 5 nitrogen and oxygen atoms in total. The summed E-state index contributed by atoms with van der Waals surface area (Å²) in [6, 6.07) is 13.0. The van der Waals surface area contributed by atoms with Crippen molar-refractivity contribution in [3.63, 3.8) is 0 Å². The van der Waals surface area contributed by atoms with Gasteiger partial charge in [-0.15, -0.1) is 0 Å².